The zero-order chi connectivity index (χ0) is 25.7. The van der Waals surface area contributed by atoms with E-state index in [1.807, 2.05) is 0 Å². The van der Waals surface area contributed by atoms with Crippen molar-refractivity contribution in [3.63, 3.8) is 0 Å². The molecule has 9 nitrogen and oxygen atoms in total. The molecule has 6 rings (SSSR count). The highest BCUT2D eigenvalue weighted by Crippen LogP contribution is 2.39. The first kappa shape index (κ1) is 23.5. The van der Waals surface area contributed by atoms with Crippen molar-refractivity contribution in [3.8, 4) is 22.4 Å². The van der Waals surface area contributed by atoms with Gasteiger partial charge in [-0.2, -0.15) is 10.1 Å². The Morgan fingerprint density at radius 1 is 1.22 bits per heavy atom. The molecule has 0 amide bonds. The number of hydrogen-bond acceptors (Lipinski definition) is 7. The van der Waals surface area contributed by atoms with Gasteiger partial charge in [0, 0.05) is 60.2 Å². The van der Waals surface area contributed by atoms with Gasteiger partial charge in [0.1, 0.15) is 22.6 Å². The normalized spacial score (nSPS) is 18.2. The van der Waals surface area contributed by atoms with Gasteiger partial charge < -0.3 is 14.3 Å². The van der Waals surface area contributed by atoms with Gasteiger partial charge >= 0.3 is 5.69 Å². The molecule has 0 spiro atoms. The van der Waals surface area contributed by atoms with Crippen LogP contribution in [0.25, 0.3) is 44.5 Å². The van der Waals surface area contributed by atoms with E-state index in [2.05, 4.69) is 22.0 Å². The van der Waals surface area contributed by atoms with Gasteiger partial charge in [-0.15, -0.1) is 0 Å². The van der Waals surface area contributed by atoms with Crippen LogP contribution >= 0.6 is 0 Å². The summed E-state index contributed by atoms with van der Waals surface area (Å²) in [6.45, 7) is 2.40. The Labute approximate surface area is 211 Å². The summed E-state index contributed by atoms with van der Waals surface area (Å²) < 4.78 is 30.7. The lowest BCUT2D eigenvalue weighted by Crippen LogP contribution is -2.34. The molecule has 2 atom stereocenters. The van der Waals surface area contributed by atoms with Gasteiger partial charge in [0.05, 0.1) is 24.6 Å². The third kappa shape index (κ3) is 4.02. The van der Waals surface area contributed by atoms with Gasteiger partial charge in [-0.25, -0.2) is 9.18 Å². The van der Waals surface area contributed by atoms with Crippen LogP contribution in [0.5, 0.6) is 0 Å². The average molecular weight is 504 g/mol. The number of hydrogen-bond donors (Lipinski definition) is 1. The Morgan fingerprint density at radius 2 is 2.08 bits per heavy atom. The highest BCUT2D eigenvalue weighted by atomic mass is 19.1. The van der Waals surface area contributed by atoms with E-state index in [0.29, 0.717) is 69.6 Å². The predicted molar refractivity (Wildman–Crippen MR) is 135 cm³/mol. The van der Waals surface area contributed by atoms with E-state index >= 15 is 4.39 Å². The van der Waals surface area contributed by atoms with Gasteiger partial charge in [0.2, 0.25) is 0 Å². The molecular weight excluding hydrogens is 477 g/mol. The lowest BCUT2D eigenvalue weighted by molar-refractivity contribution is -0.00709. The van der Waals surface area contributed by atoms with Crippen LogP contribution in [0.1, 0.15) is 37.9 Å². The number of ether oxygens (including phenoxy) is 1. The first-order chi connectivity index (χ1) is 18.0. The molecule has 1 aromatic carbocycles. The van der Waals surface area contributed by atoms with Crippen LogP contribution in [-0.4, -0.2) is 42.1 Å². The zero-order valence-electron chi connectivity index (χ0n) is 20.5. The molecule has 1 fully saturated rings. The number of halogens is 1. The molecule has 0 unspecified atom stereocenters. The monoisotopic (exact) mass is 503 g/mol. The molecule has 0 bridgehead atoms. The summed E-state index contributed by atoms with van der Waals surface area (Å²) >= 11 is 0. The van der Waals surface area contributed by atoms with Crippen molar-refractivity contribution in [1.82, 2.24) is 24.3 Å². The van der Waals surface area contributed by atoms with Crippen LogP contribution in [0.3, 0.4) is 0 Å². The molecule has 1 aliphatic rings. The Hall–Kier alpha value is -3.89. The maximum absolute atomic E-state index is 15.3. The first-order valence-electron chi connectivity index (χ1n) is 12.3. The molecular formula is C27H26FN5O4. The fourth-order valence-corrected chi connectivity index (χ4v) is 5.16. The summed E-state index contributed by atoms with van der Waals surface area (Å²) in [5, 5.41) is 14.2. The summed E-state index contributed by atoms with van der Waals surface area (Å²) in [7, 11) is 1.78. The van der Waals surface area contributed by atoms with E-state index in [-0.39, 0.29) is 18.8 Å². The van der Waals surface area contributed by atoms with E-state index < -0.39 is 11.5 Å². The predicted octanol–water partition coefficient (Wildman–Crippen LogP) is 4.37. The molecule has 1 aliphatic heterocycles. The number of aromatic nitrogens is 5. The van der Waals surface area contributed by atoms with E-state index in [1.54, 1.807) is 46.9 Å². The molecule has 0 saturated carbocycles. The number of furan rings is 1. The molecule has 1 N–H and O–H groups in total. The summed E-state index contributed by atoms with van der Waals surface area (Å²) in [6, 6.07) is 6.27. The SMILES string of the molecule is CC[C@H]1C[C@@H](n2c(=O)nc(-c3cnn(C)c3)c3oc4cc(F)c(-c5ccc(CO)nc5)cc4c32)CCO1. The van der Waals surface area contributed by atoms with Gasteiger partial charge in [-0.05, 0) is 31.4 Å². The lowest BCUT2D eigenvalue weighted by atomic mass is 10.00. The minimum atomic E-state index is -0.480. The van der Waals surface area contributed by atoms with Crippen molar-refractivity contribution in [2.24, 2.45) is 7.05 Å². The van der Waals surface area contributed by atoms with Crippen molar-refractivity contribution in [2.45, 2.75) is 44.9 Å². The van der Waals surface area contributed by atoms with Crippen molar-refractivity contribution in [3.05, 3.63) is 64.9 Å². The summed E-state index contributed by atoms with van der Waals surface area (Å²) in [4.78, 5) is 22.2. The lowest BCUT2D eigenvalue weighted by Gasteiger charge is -2.30. The third-order valence-corrected chi connectivity index (χ3v) is 7.06. The standard InChI is InChI=1S/C27H26FN5O4/c1-3-19-8-18(6-7-36-19)33-25-21-9-20(15-4-5-17(14-34)29-11-15)22(28)10-23(21)37-26(25)24(31-27(33)35)16-12-30-32(2)13-16/h4-5,9-13,18-19,34H,3,6-8,14H2,1-2H3/t18-,19-/m0/s1. The molecule has 1 saturated heterocycles. The Kier molecular flexibility index (Phi) is 5.85. The largest absolute Gasteiger partial charge is 0.452 e. The van der Waals surface area contributed by atoms with Crippen LogP contribution in [0.15, 0.2) is 52.1 Å². The van der Waals surface area contributed by atoms with Crippen molar-refractivity contribution in [2.75, 3.05) is 6.61 Å². The minimum absolute atomic E-state index is 0.0426. The van der Waals surface area contributed by atoms with Crippen molar-refractivity contribution in [1.29, 1.82) is 0 Å². The summed E-state index contributed by atoms with van der Waals surface area (Å²) in [5.41, 5.74) is 3.30. The fraction of sp³-hybridized carbons (Fsp3) is 0.333. The molecule has 4 aromatic heterocycles. The highest BCUT2D eigenvalue weighted by Gasteiger charge is 2.29. The molecule has 190 valence electrons. The van der Waals surface area contributed by atoms with Crippen molar-refractivity contribution < 1.29 is 18.7 Å². The maximum atomic E-state index is 15.3. The number of aliphatic hydroxyl groups excluding tert-OH is 1. The Balaban J connectivity index is 1.64. The van der Waals surface area contributed by atoms with Crippen LogP contribution in [0.2, 0.25) is 0 Å². The van der Waals surface area contributed by atoms with Crippen LogP contribution in [0, 0.1) is 5.82 Å². The quantitative estimate of drug-likeness (QED) is 0.379. The smallest absolute Gasteiger partial charge is 0.349 e. The maximum Gasteiger partial charge on any atom is 0.349 e. The van der Waals surface area contributed by atoms with E-state index in [9.17, 15) is 9.90 Å². The fourth-order valence-electron chi connectivity index (χ4n) is 5.16. The second kappa shape index (κ2) is 9.20. The van der Waals surface area contributed by atoms with E-state index in [4.69, 9.17) is 9.15 Å². The molecule has 0 radical (unpaired) electrons. The summed E-state index contributed by atoms with van der Waals surface area (Å²) in [6.07, 6.45) is 7.13. The third-order valence-electron chi connectivity index (χ3n) is 7.06. The van der Waals surface area contributed by atoms with Gasteiger partial charge in [0.25, 0.3) is 0 Å². The van der Waals surface area contributed by atoms with E-state index in [0.717, 1.165) is 6.42 Å². The molecule has 10 heteroatoms. The second-order valence-corrected chi connectivity index (χ2v) is 9.40. The summed E-state index contributed by atoms with van der Waals surface area (Å²) in [5.74, 6) is -0.480. The highest BCUT2D eigenvalue weighted by molar-refractivity contribution is 6.08. The zero-order valence-corrected chi connectivity index (χ0v) is 20.5. The van der Waals surface area contributed by atoms with Crippen LogP contribution < -0.4 is 5.69 Å². The average Bonchev–Trinajstić information content (AvgIpc) is 3.51. The Morgan fingerprint density at radius 3 is 2.78 bits per heavy atom. The van der Waals surface area contributed by atoms with Gasteiger partial charge in [0.15, 0.2) is 5.58 Å². The second-order valence-electron chi connectivity index (χ2n) is 9.40. The number of fused-ring (bicyclic) bond motifs is 3. The van der Waals surface area contributed by atoms with Gasteiger partial charge in [-0.3, -0.25) is 14.2 Å². The number of benzene rings is 1. The first-order valence-corrected chi connectivity index (χ1v) is 12.3. The number of pyridine rings is 1. The number of rotatable bonds is 5. The van der Waals surface area contributed by atoms with Crippen LogP contribution in [-0.2, 0) is 18.4 Å². The minimum Gasteiger partial charge on any atom is -0.452 e. The number of aryl methyl sites for hydroxylation is 1. The van der Waals surface area contributed by atoms with E-state index in [1.165, 1.54) is 12.3 Å². The number of aliphatic hydroxyl groups is 1. The van der Waals surface area contributed by atoms with Gasteiger partial charge in [-0.1, -0.05) is 13.0 Å². The molecule has 37 heavy (non-hydrogen) atoms. The topological polar surface area (TPSA) is 108 Å². The molecule has 5 heterocycles. The van der Waals surface area contributed by atoms with Crippen LogP contribution in [0.4, 0.5) is 4.39 Å². The van der Waals surface area contributed by atoms with Crippen molar-refractivity contribution >= 4 is 22.1 Å². The molecule has 0 aliphatic carbocycles. The Bertz CT molecular complexity index is 1670. The molecule has 5 aromatic rings. The number of nitrogens with zero attached hydrogens (tertiary/aromatic N) is 5.